The van der Waals surface area contributed by atoms with E-state index < -0.39 is 21.4 Å². The maximum Gasteiger partial charge on any atom is 0.269 e. The van der Waals surface area contributed by atoms with Gasteiger partial charge < -0.3 is 9.64 Å². The number of anilines is 1. The van der Waals surface area contributed by atoms with Crippen LogP contribution in [0.2, 0.25) is 0 Å². The van der Waals surface area contributed by atoms with E-state index in [9.17, 15) is 13.0 Å². The number of rotatable bonds is 3. The van der Waals surface area contributed by atoms with Crippen molar-refractivity contribution in [1.29, 1.82) is 0 Å². The highest BCUT2D eigenvalue weighted by Gasteiger charge is 2.37. The van der Waals surface area contributed by atoms with Crippen LogP contribution in [0.3, 0.4) is 0 Å². The Kier molecular flexibility index (Phi) is 5.24. The van der Waals surface area contributed by atoms with Crippen molar-refractivity contribution in [2.24, 2.45) is 4.99 Å². The van der Waals surface area contributed by atoms with Gasteiger partial charge in [0.1, 0.15) is 23.3 Å². The number of hydrogen-bond donors (Lipinski definition) is 1. The molecule has 35 heavy (non-hydrogen) atoms. The van der Waals surface area contributed by atoms with Gasteiger partial charge in [0.15, 0.2) is 17.0 Å². The Morgan fingerprint density at radius 1 is 1.17 bits per heavy atom. The molecule has 8 heteroatoms. The predicted molar refractivity (Wildman–Crippen MR) is 139 cm³/mol. The van der Waals surface area contributed by atoms with Crippen LogP contribution in [-0.4, -0.2) is 43.4 Å². The highest BCUT2D eigenvalue weighted by Crippen LogP contribution is 2.48. The quantitative estimate of drug-likeness (QED) is 0.437. The summed E-state index contributed by atoms with van der Waals surface area (Å²) >= 11 is 0. The van der Waals surface area contributed by atoms with Gasteiger partial charge in [0.25, 0.3) is 10.1 Å². The van der Waals surface area contributed by atoms with E-state index >= 15 is 0 Å². The molecule has 0 aliphatic carbocycles. The summed E-state index contributed by atoms with van der Waals surface area (Å²) in [7, 11) is -2.06. The van der Waals surface area contributed by atoms with Crippen molar-refractivity contribution in [2.75, 3.05) is 24.2 Å². The fourth-order valence-electron chi connectivity index (χ4n) is 5.99. The summed E-state index contributed by atoms with van der Waals surface area (Å²) in [6.07, 6.45) is 2.97. The van der Waals surface area contributed by atoms with Crippen LogP contribution in [0.4, 0.5) is 11.4 Å². The normalized spacial score (nSPS) is 21.6. The first-order valence-electron chi connectivity index (χ1n) is 12.1. The zero-order valence-electron chi connectivity index (χ0n) is 21.5. The summed E-state index contributed by atoms with van der Waals surface area (Å²) in [5.74, 6) is 1.32. The topological polar surface area (TPSA) is 82.2 Å². The summed E-state index contributed by atoms with van der Waals surface area (Å²) < 4.78 is 41.9. The van der Waals surface area contributed by atoms with Crippen LogP contribution in [-0.2, 0) is 10.1 Å². The number of ether oxygens (including phenoxy) is 1. The summed E-state index contributed by atoms with van der Waals surface area (Å²) in [6.45, 7) is 13.6. The van der Waals surface area contributed by atoms with E-state index in [1.54, 1.807) is 0 Å². The second-order valence-corrected chi connectivity index (χ2v) is 12.7. The average Bonchev–Trinajstić information content (AvgIpc) is 2.72. The smallest absolute Gasteiger partial charge is 0.269 e. The maximum absolute atomic E-state index is 11.8. The molecule has 1 atom stereocenters. The Bertz CT molecular complexity index is 1520. The Morgan fingerprint density at radius 2 is 1.89 bits per heavy atom. The van der Waals surface area contributed by atoms with Crippen LogP contribution >= 0.6 is 0 Å². The fraction of sp³-hybridized carbons (Fsp3) is 0.481. The van der Waals surface area contributed by atoms with E-state index in [-0.39, 0.29) is 5.54 Å². The van der Waals surface area contributed by atoms with Gasteiger partial charge in [-0.25, -0.2) is 9.57 Å². The summed E-state index contributed by atoms with van der Waals surface area (Å²) in [5.41, 5.74) is 4.15. The minimum Gasteiger partial charge on any atom is -0.452 e. The predicted octanol–water partition coefficient (Wildman–Crippen LogP) is 4.04. The monoisotopic (exact) mass is 496 g/mol. The molecular formula is C27H34N3O4S+. The number of benzene rings is 2. The van der Waals surface area contributed by atoms with Gasteiger partial charge in [-0.2, -0.15) is 8.42 Å². The van der Waals surface area contributed by atoms with E-state index in [0.29, 0.717) is 22.6 Å². The number of nitrogens with zero attached hydrogens (tertiary/aromatic N) is 3. The van der Waals surface area contributed by atoms with Gasteiger partial charge >= 0.3 is 0 Å². The minimum absolute atomic E-state index is 0.0480. The lowest BCUT2D eigenvalue weighted by molar-refractivity contribution is 0.393. The fourth-order valence-corrected chi connectivity index (χ4v) is 6.62. The van der Waals surface area contributed by atoms with Crippen molar-refractivity contribution >= 4 is 27.1 Å². The van der Waals surface area contributed by atoms with Crippen molar-refractivity contribution in [3.05, 3.63) is 52.2 Å². The molecule has 0 bridgehead atoms. The third-order valence-electron chi connectivity index (χ3n) is 7.77. The molecule has 1 N–H and O–H groups in total. The Hall–Kier alpha value is -2.71. The van der Waals surface area contributed by atoms with E-state index in [2.05, 4.69) is 56.4 Å². The molecule has 2 aromatic rings. The van der Waals surface area contributed by atoms with Gasteiger partial charge in [-0.3, -0.25) is 4.55 Å². The van der Waals surface area contributed by atoms with Crippen molar-refractivity contribution in [3.63, 3.8) is 0 Å². The number of hydrogen-bond acceptors (Lipinski definition) is 5. The second kappa shape index (κ2) is 7.64. The standard InChI is InChI=1S/C27H33N3O4S/c1-8-30-23-12-25-21(10-19(23)17(14-27(30,5)6)15-35(31,32)33)28-20-9-18-16(2)13-26(3,4)29(7)22(18)11-24(20)34-25/h9-12,14,16H,8,13,15H2,1-7H3/p+1. The molecule has 3 aliphatic heterocycles. The molecule has 0 radical (unpaired) electrons. The van der Waals surface area contributed by atoms with E-state index in [0.717, 1.165) is 35.3 Å². The number of likely N-dealkylation sites (N-methyl/N-ethyl adjacent to an activating group) is 1. The highest BCUT2D eigenvalue weighted by atomic mass is 32.2. The first-order chi connectivity index (χ1) is 16.2. The zero-order chi connectivity index (χ0) is 25.5. The second-order valence-electron chi connectivity index (χ2n) is 11.2. The largest absolute Gasteiger partial charge is 0.452 e. The maximum atomic E-state index is 11.8. The SMILES string of the molecule is CC[N+]1=c2cc3c(cc2C(CS(=O)(=O)O)=CC1(C)C)=Nc1cc2c(cc1O3)N(C)C(C)(C)CC2C. The van der Waals surface area contributed by atoms with Crippen molar-refractivity contribution < 1.29 is 17.7 Å². The lowest BCUT2D eigenvalue weighted by atomic mass is 9.80. The van der Waals surface area contributed by atoms with E-state index in [1.807, 2.05) is 32.1 Å². The molecule has 3 aliphatic rings. The molecule has 5 rings (SSSR count). The molecule has 186 valence electrons. The Balaban J connectivity index is 1.73. The summed E-state index contributed by atoms with van der Waals surface area (Å²) in [4.78, 5) is 7.26. The van der Waals surface area contributed by atoms with Gasteiger partial charge in [-0.1, -0.05) is 6.92 Å². The van der Waals surface area contributed by atoms with Crippen LogP contribution in [0.15, 0.2) is 35.3 Å². The molecule has 1 unspecified atom stereocenters. The number of fused-ring (bicyclic) bond motifs is 4. The van der Waals surface area contributed by atoms with Gasteiger partial charge in [-0.15, -0.1) is 0 Å². The molecule has 0 fully saturated rings. The third kappa shape index (κ3) is 3.96. The Morgan fingerprint density at radius 3 is 2.54 bits per heavy atom. The Labute approximate surface area is 207 Å². The van der Waals surface area contributed by atoms with Crippen LogP contribution in [0.1, 0.15) is 65.0 Å². The highest BCUT2D eigenvalue weighted by molar-refractivity contribution is 7.86. The molecule has 0 spiro atoms. The van der Waals surface area contributed by atoms with Crippen LogP contribution < -0.4 is 24.9 Å². The first kappa shape index (κ1) is 24.0. The minimum atomic E-state index is -4.20. The average molecular weight is 497 g/mol. The van der Waals surface area contributed by atoms with E-state index in [1.165, 1.54) is 11.3 Å². The van der Waals surface area contributed by atoms with Gasteiger partial charge in [0.05, 0.1) is 11.6 Å². The van der Waals surface area contributed by atoms with Crippen LogP contribution in [0.5, 0.6) is 11.5 Å². The molecule has 2 aromatic carbocycles. The lowest BCUT2D eigenvalue weighted by Crippen LogP contribution is -2.49. The van der Waals surface area contributed by atoms with E-state index in [4.69, 9.17) is 9.73 Å². The lowest BCUT2D eigenvalue weighted by Gasteiger charge is -2.45. The molecule has 0 amide bonds. The summed E-state index contributed by atoms with van der Waals surface area (Å²) in [5, 5.41) is 1.53. The third-order valence-corrected chi connectivity index (χ3v) is 8.44. The molecule has 7 nitrogen and oxygen atoms in total. The molecular weight excluding hydrogens is 462 g/mol. The first-order valence-corrected chi connectivity index (χ1v) is 13.8. The van der Waals surface area contributed by atoms with Crippen molar-refractivity contribution in [1.82, 2.24) is 4.58 Å². The zero-order valence-corrected chi connectivity index (χ0v) is 22.3. The van der Waals surface area contributed by atoms with Gasteiger partial charge in [0, 0.05) is 38.2 Å². The van der Waals surface area contributed by atoms with Crippen molar-refractivity contribution in [2.45, 2.75) is 65.0 Å². The van der Waals surface area contributed by atoms with Crippen molar-refractivity contribution in [3.8, 4) is 11.5 Å². The van der Waals surface area contributed by atoms with Gasteiger partial charge in [0.2, 0.25) is 5.36 Å². The van der Waals surface area contributed by atoms with Crippen LogP contribution in [0.25, 0.3) is 5.57 Å². The molecule has 0 saturated heterocycles. The molecule has 3 heterocycles. The van der Waals surface area contributed by atoms with Crippen LogP contribution in [0, 0.1) is 0 Å². The summed E-state index contributed by atoms with van der Waals surface area (Å²) in [6, 6.07) is 8.06. The van der Waals surface area contributed by atoms with Gasteiger partial charge in [-0.05, 0) is 62.5 Å². The molecule has 0 saturated carbocycles. The molecule has 0 aromatic heterocycles.